The van der Waals surface area contributed by atoms with Crippen molar-refractivity contribution in [1.29, 1.82) is 0 Å². The fourth-order valence-electron chi connectivity index (χ4n) is 5.09. The van der Waals surface area contributed by atoms with Crippen LogP contribution in [-0.4, -0.2) is 20.4 Å². The first kappa shape index (κ1) is 23.2. The molecule has 4 aromatic carbocycles. The molecule has 4 nitrogen and oxygen atoms in total. The first-order valence-electron chi connectivity index (χ1n) is 11.3. The van der Waals surface area contributed by atoms with Crippen molar-refractivity contribution in [1.82, 2.24) is 0 Å². The molecule has 0 heterocycles. The molecule has 0 atom stereocenters. The van der Waals surface area contributed by atoms with Crippen molar-refractivity contribution in [2.45, 2.75) is 39.5 Å². The topological polar surface area (TPSA) is 80.9 Å². The van der Waals surface area contributed by atoms with E-state index in [4.69, 9.17) is 0 Å². The van der Waals surface area contributed by atoms with Crippen LogP contribution in [0.4, 0.5) is 0 Å². The minimum Gasteiger partial charge on any atom is -0.508 e. The van der Waals surface area contributed by atoms with Crippen molar-refractivity contribution < 1.29 is 20.4 Å². The van der Waals surface area contributed by atoms with Gasteiger partial charge in [0, 0.05) is 11.8 Å². The molecule has 0 amide bonds. The van der Waals surface area contributed by atoms with E-state index in [1.807, 2.05) is 52.0 Å². The first-order chi connectivity index (χ1) is 16.2. The molecule has 0 aliphatic rings. The van der Waals surface area contributed by atoms with Crippen LogP contribution in [0.15, 0.2) is 72.8 Å². The van der Waals surface area contributed by atoms with E-state index in [1.54, 1.807) is 48.5 Å². The quantitative estimate of drug-likeness (QED) is 0.270. The Morgan fingerprint density at radius 2 is 0.588 bits per heavy atom. The summed E-state index contributed by atoms with van der Waals surface area (Å²) in [5.41, 5.74) is 8.03. The Hall–Kier alpha value is -3.92. The fourth-order valence-corrected chi connectivity index (χ4v) is 5.09. The van der Waals surface area contributed by atoms with E-state index >= 15 is 0 Å². The van der Waals surface area contributed by atoms with Gasteiger partial charge in [-0.15, -0.1) is 0 Å². The molecule has 0 bridgehead atoms. The Kier molecular flexibility index (Phi) is 6.25. The molecular formula is C30H30O4. The lowest BCUT2D eigenvalue weighted by molar-refractivity contribution is 0.472. The van der Waals surface area contributed by atoms with Crippen LogP contribution in [0.3, 0.4) is 0 Å². The van der Waals surface area contributed by atoms with Crippen LogP contribution in [0.25, 0.3) is 0 Å². The molecule has 0 unspecified atom stereocenters. The van der Waals surface area contributed by atoms with Gasteiger partial charge in [-0.05, 0) is 121 Å². The summed E-state index contributed by atoms with van der Waals surface area (Å²) in [4.78, 5) is 0. The summed E-state index contributed by atoms with van der Waals surface area (Å²) in [7, 11) is 0. The predicted molar refractivity (Wildman–Crippen MR) is 135 cm³/mol. The van der Waals surface area contributed by atoms with Crippen LogP contribution < -0.4 is 0 Å². The fraction of sp³-hybridized carbons (Fsp3) is 0.200. The van der Waals surface area contributed by atoms with Crippen LogP contribution in [0.2, 0.25) is 0 Å². The maximum absolute atomic E-state index is 10.1. The van der Waals surface area contributed by atoms with Crippen molar-refractivity contribution >= 4 is 0 Å². The second kappa shape index (κ2) is 9.14. The standard InChI is InChI=1S/C30H30O4/c1-17-13-21(31)5-9-25(17)29(26-10-6-22(32)14-18(26)2)30(27-11-7-23(33)15-19(27)3)28-12-8-24(34)16-20(28)4/h5-16,29-34H,1-4H3. The molecule has 0 aliphatic carbocycles. The zero-order valence-corrected chi connectivity index (χ0v) is 19.9. The molecule has 0 spiro atoms. The summed E-state index contributed by atoms with van der Waals surface area (Å²) in [5, 5.41) is 40.5. The minimum atomic E-state index is -0.160. The predicted octanol–water partition coefficient (Wildman–Crippen LogP) is 6.71. The Morgan fingerprint density at radius 1 is 0.382 bits per heavy atom. The van der Waals surface area contributed by atoms with Crippen molar-refractivity contribution in [2.24, 2.45) is 0 Å². The van der Waals surface area contributed by atoms with Crippen molar-refractivity contribution in [3.63, 3.8) is 0 Å². The molecule has 4 N–H and O–H groups in total. The molecule has 4 aromatic rings. The van der Waals surface area contributed by atoms with Gasteiger partial charge in [-0.3, -0.25) is 0 Å². The third-order valence-corrected chi connectivity index (χ3v) is 6.69. The van der Waals surface area contributed by atoms with E-state index in [0.29, 0.717) is 0 Å². The molecule has 0 radical (unpaired) electrons. The number of hydrogen-bond acceptors (Lipinski definition) is 4. The number of hydrogen-bond donors (Lipinski definition) is 4. The third kappa shape index (κ3) is 4.44. The molecule has 174 valence electrons. The molecule has 0 fully saturated rings. The zero-order valence-electron chi connectivity index (χ0n) is 19.9. The molecule has 0 saturated heterocycles. The molecule has 0 aromatic heterocycles. The van der Waals surface area contributed by atoms with Crippen LogP contribution in [0.1, 0.15) is 56.3 Å². The first-order valence-corrected chi connectivity index (χ1v) is 11.3. The van der Waals surface area contributed by atoms with Gasteiger partial charge in [0.2, 0.25) is 0 Å². The lowest BCUT2D eigenvalue weighted by Crippen LogP contribution is -2.18. The van der Waals surface area contributed by atoms with Gasteiger partial charge >= 0.3 is 0 Å². The Labute approximate surface area is 200 Å². The SMILES string of the molecule is Cc1cc(O)ccc1C(c1ccc(O)cc1C)C(c1ccc(O)cc1C)c1ccc(O)cc1C. The maximum Gasteiger partial charge on any atom is 0.115 e. The van der Waals surface area contributed by atoms with Gasteiger partial charge in [0.25, 0.3) is 0 Å². The van der Waals surface area contributed by atoms with Crippen LogP contribution in [-0.2, 0) is 0 Å². The summed E-state index contributed by atoms with van der Waals surface area (Å²) in [6.07, 6.45) is 0. The molecule has 4 heteroatoms. The normalized spacial score (nSPS) is 11.4. The highest BCUT2D eigenvalue weighted by Gasteiger charge is 2.32. The number of aromatic hydroxyl groups is 4. The van der Waals surface area contributed by atoms with Gasteiger partial charge in [-0.1, -0.05) is 24.3 Å². The van der Waals surface area contributed by atoms with Gasteiger partial charge in [-0.25, -0.2) is 0 Å². The highest BCUT2D eigenvalue weighted by molar-refractivity contribution is 5.54. The van der Waals surface area contributed by atoms with Crippen LogP contribution in [0, 0.1) is 27.7 Å². The summed E-state index contributed by atoms with van der Waals surface area (Å²) in [5.74, 6) is 0.516. The van der Waals surface area contributed by atoms with E-state index in [-0.39, 0.29) is 34.8 Å². The Balaban J connectivity index is 2.09. The van der Waals surface area contributed by atoms with E-state index in [2.05, 4.69) is 0 Å². The highest BCUT2D eigenvalue weighted by atomic mass is 16.3. The van der Waals surface area contributed by atoms with Crippen molar-refractivity contribution in [3.05, 3.63) is 117 Å². The minimum absolute atomic E-state index is 0.160. The molecular weight excluding hydrogens is 424 g/mol. The third-order valence-electron chi connectivity index (χ3n) is 6.69. The maximum atomic E-state index is 10.1. The van der Waals surface area contributed by atoms with Gasteiger partial charge < -0.3 is 20.4 Å². The lowest BCUT2D eigenvalue weighted by Gasteiger charge is -2.33. The van der Waals surface area contributed by atoms with E-state index in [1.165, 1.54) is 0 Å². The smallest absolute Gasteiger partial charge is 0.115 e. The van der Waals surface area contributed by atoms with Gasteiger partial charge in [0.1, 0.15) is 23.0 Å². The number of benzene rings is 4. The summed E-state index contributed by atoms with van der Waals surface area (Å²) >= 11 is 0. The summed E-state index contributed by atoms with van der Waals surface area (Å²) < 4.78 is 0. The van der Waals surface area contributed by atoms with Crippen molar-refractivity contribution in [3.8, 4) is 23.0 Å². The monoisotopic (exact) mass is 454 g/mol. The molecule has 34 heavy (non-hydrogen) atoms. The second-order valence-corrected chi connectivity index (χ2v) is 9.12. The van der Waals surface area contributed by atoms with Crippen LogP contribution >= 0.6 is 0 Å². The zero-order chi connectivity index (χ0) is 24.6. The highest BCUT2D eigenvalue weighted by Crippen LogP contribution is 2.48. The number of aryl methyl sites for hydroxylation is 4. The molecule has 4 rings (SSSR count). The van der Waals surface area contributed by atoms with E-state index in [9.17, 15) is 20.4 Å². The number of phenols is 4. The molecule has 0 aliphatic heterocycles. The van der Waals surface area contributed by atoms with E-state index in [0.717, 1.165) is 44.5 Å². The average Bonchev–Trinajstić information content (AvgIpc) is 2.75. The Morgan fingerprint density at radius 3 is 0.765 bits per heavy atom. The average molecular weight is 455 g/mol. The lowest BCUT2D eigenvalue weighted by atomic mass is 9.70. The number of phenolic OH excluding ortho intramolecular Hbond substituents is 4. The van der Waals surface area contributed by atoms with Gasteiger partial charge in [0.15, 0.2) is 0 Å². The molecule has 0 saturated carbocycles. The van der Waals surface area contributed by atoms with Crippen molar-refractivity contribution in [2.75, 3.05) is 0 Å². The van der Waals surface area contributed by atoms with Gasteiger partial charge in [-0.2, -0.15) is 0 Å². The largest absolute Gasteiger partial charge is 0.508 e. The van der Waals surface area contributed by atoms with E-state index < -0.39 is 0 Å². The Bertz CT molecular complexity index is 1150. The second-order valence-electron chi connectivity index (χ2n) is 9.12. The summed E-state index contributed by atoms with van der Waals surface area (Å²) in [6.45, 7) is 7.95. The van der Waals surface area contributed by atoms with Crippen LogP contribution in [0.5, 0.6) is 23.0 Å². The number of rotatable bonds is 5. The summed E-state index contributed by atoms with van der Waals surface area (Å²) in [6, 6.07) is 21.7. The van der Waals surface area contributed by atoms with Gasteiger partial charge in [0.05, 0.1) is 0 Å².